The fraction of sp³-hybridized carbons (Fsp3) is 0.583. The van der Waals surface area contributed by atoms with E-state index in [1.807, 2.05) is 27.7 Å². The monoisotopic (exact) mass is 235 g/mol. The molecule has 17 heavy (non-hydrogen) atoms. The van der Waals surface area contributed by atoms with Gasteiger partial charge in [-0.2, -0.15) is 0 Å². The lowest BCUT2D eigenvalue weighted by atomic mass is 10.1. The van der Waals surface area contributed by atoms with Crippen LogP contribution in [0.4, 0.5) is 0 Å². The first-order valence-corrected chi connectivity index (χ1v) is 5.73. The number of aryl methyl sites for hydroxylation is 1. The number of nitrogens with zero attached hydrogens (tertiary/aromatic N) is 3. The van der Waals surface area contributed by atoms with Crippen LogP contribution in [0.5, 0.6) is 0 Å². The van der Waals surface area contributed by atoms with Crippen LogP contribution in [-0.4, -0.2) is 28.0 Å². The Morgan fingerprint density at radius 1 is 1.35 bits per heavy atom. The summed E-state index contributed by atoms with van der Waals surface area (Å²) in [6, 6.07) is 0. The predicted octanol–water partition coefficient (Wildman–Crippen LogP) is 1.03. The Labute approximate surface area is 103 Å². The molecule has 1 aromatic heterocycles. The summed E-state index contributed by atoms with van der Waals surface area (Å²) < 4.78 is 0. The fourth-order valence-electron chi connectivity index (χ4n) is 1.39. The van der Waals surface area contributed by atoms with E-state index in [9.17, 15) is 0 Å². The minimum Gasteiger partial charge on any atom is -0.370 e. The van der Waals surface area contributed by atoms with E-state index >= 15 is 0 Å². The van der Waals surface area contributed by atoms with Gasteiger partial charge in [0, 0.05) is 30.9 Å². The summed E-state index contributed by atoms with van der Waals surface area (Å²) in [6.45, 7) is 8.70. The number of nitrogens with one attached hydrogen (secondary N) is 1. The lowest BCUT2D eigenvalue weighted by Crippen LogP contribution is -2.45. The van der Waals surface area contributed by atoms with Crippen molar-refractivity contribution in [1.29, 1.82) is 0 Å². The maximum atomic E-state index is 5.76. The van der Waals surface area contributed by atoms with Gasteiger partial charge in [-0.15, -0.1) is 0 Å². The first-order valence-electron chi connectivity index (χ1n) is 5.73. The van der Waals surface area contributed by atoms with Crippen molar-refractivity contribution in [3.05, 3.63) is 23.8 Å². The molecule has 1 aromatic rings. The second-order valence-electron chi connectivity index (χ2n) is 4.98. The number of aliphatic imine (C=N–C) groups is 1. The summed E-state index contributed by atoms with van der Waals surface area (Å²) in [5, 5.41) is 3.11. The molecule has 0 bridgehead atoms. The van der Waals surface area contributed by atoms with E-state index < -0.39 is 0 Å². The number of guanidine groups is 1. The Balaban J connectivity index is 2.47. The van der Waals surface area contributed by atoms with Gasteiger partial charge < -0.3 is 11.1 Å². The Kier molecular flexibility index (Phi) is 4.43. The van der Waals surface area contributed by atoms with Crippen molar-refractivity contribution >= 4 is 5.96 Å². The van der Waals surface area contributed by atoms with Crippen molar-refractivity contribution in [2.75, 3.05) is 6.54 Å². The van der Waals surface area contributed by atoms with Crippen molar-refractivity contribution in [2.24, 2.45) is 10.7 Å². The van der Waals surface area contributed by atoms with Gasteiger partial charge in [0.05, 0.1) is 11.4 Å². The summed E-state index contributed by atoms with van der Waals surface area (Å²) in [6.07, 6.45) is 4.15. The molecular weight excluding hydrogens is 214 g/mol. The maximum absolute atomic E-state index is 5.76. The van der Waals surface area contributed by atoms with Crippen LogP contribution in [0.15, 0.2) is 17.4 Å². The second kappa shape index (κ2) is 5.61. The fourth-order valence-corrected chi connectivity index (χ4v) is 1.39. The highest BCUT2D eigenvalue weighted by atomic mass is 15.1. The zero-order valence-corrected chi connectivity index (χ0v) is 11.0. The molecule has 1 heterocycles. The molecule has 5 heteroatoms. The summed E-state index contributed by atoms with van der Waals surface area (Å²) in [7, 11) is 0. The normalized spacial score (nSPS) is 12.6. The van der Waals surface area contributed by atoms with Crippen LogP contribution in [0.1, 0.15) is 32.2 Å². The molecule has 3 N–H and O–H groups in total. The summed E-state index contributed by atoms with van der Waals surface area (Å²) in [5.74, 6) is 0.471. The van der Waals surface area contributed by atoms with E-state index in [-0.39, 0.29) is 5.54 Å². The van der Waals surface area contributed by atoms with Crippen LogP contribution in [0, 0.1) is 6.92 Å². The highest BCUT2D eigenvalue weighted by Crippen LogP contribution is 2.01. The lowest BCUT2D eigenvalue weighted by Gasteiger charge is -2.20. The van der Waals surface area contributed by atoms with Crippen LogP contribution in [0.25, 0.3) is 0 Å². The Bertz CT molecular complexity index is 392. The van der Waals surface area contributed by atoms with Gasteiger partial charge in [0.2, 0.25) is 0 Å². The van der Waals surface area contributed by atoms with Crippen LogP contribution >= 0.6 is 0 Å². The molecule has 0 fully saturated rings. The van der Waals surface area contributed by atoms with Gasteiger partial charge in [-0.3, -0.25) is 15.0 Å². The predicted molar refractivity (Wildman–Crippen MR) is 69.9 cm³/mol. The average Bonchev–Trinajstić information content (AvgIpc) is 2.18. The molecule has 1 rings (SSSR count). The van der Waals surface area contributed by atoms with Gasteiger partial charge in [0.15, 0.2) is 5.96 Å². The molecular formula is C12H21N5. The molecule has 0 saturated carbocycles. The molecule has 5 nitrogen and oxygen atoms in total. The molecule has 0 atom stereocenters. The summed E-state index contributed by atoms with van der Waals surface area (Å²) >= 11 is 0. The van der Waals surface area contributed by atoms with E-state index in [2.05, 4.69) is 20.3 Å². The van der Waals surface area contributed by atoms with Gasteiger partial charge in [0.25, 0.3) is 0 Å². The smallest absolute Gasteiger partial charge is 0.188 e. The van der Waals surface area contributed by atoms with Crippen LogP contribution < -0.4 is 11.1 Å². The zero-order valence-electron chi connectivity index (χ0n) is 11.0. The quantitative estimate of drug-likeness (QED) is 0.606. The Morgan fingerprint density at radius 3 is 2.59 bits per heavy atom. The minimum atomic E-state index is -0.0595. The average molecular weight is 235 g/mol. The minimum absolute atomic E-state index is 0.0595. The molecule has 0 aromatic carbocycles. The molecule has 0 saturated heterocycles. The van der Waals surface area contributed by atoms with Gasteiger partial charge in [0.1, 0.15) is 0 Å². The molecule has 94 valence electrons. The topological polar surface area (TPSA) is 76.2 Å². The van der Waals surface area contributed by atoms with Crippen molar-refractivity contribution in [3.8, 4) is 0 Å². The van der Waals surface area contributed by atoms with Crippen LogP contribution in [0.3, 0.4) is 0 Å². The largest absolute Gasteiger partial charge is 0.370 e. The summed E-state index contributed by atoms with van der Waals surface area (Å²) in [4.78, 5) is 12.7. The van der Waals surface area contributed by atoms with Gasteiger partial charge >= 0.3 is 0 Å². The van der Waals surface area contributed by atoms with Crippen molar-refractivity contribution in [1.82, 2.24) is 15.3 Å². The van der Waals surface area contributed by atoms with Crippen LogP contribution in [0.2, 0.25) is 0 Å². The molecule has 0 radical (unpaired) electrons. The van der Waals surface area contributed by atoms with E-state index in [0.717, 1.165) is 17.8 Å². The number of aromatic nitrogens is 2. The number of rotatable bonds is 3. The molecule has 0 unspecified atom stereocenters. The van der Waals surface area contributed by atoms with E-state index in [1.54, 1.807) is 12.4 Å². The number of hydrogen-bond acceptors (Lipinski definition) is 3. The zero-order chi connectivity index (χ0) is 12.9. The van der Waals surface area contributed by atoms with E-state index in [1.165, 1.54) is 0 Å². The van der Waals surface area contributed by atoms with E-state index in [4.69, 9.17) is 5.73 Å². The molecule has 0 amide bonds. The first kappa shape index (κ1) is 13.4. The first-order chi connectivity index (χ1) is 7.88. The third kappa shape index (κ3) is 5.29. The third-order valence-electron chi connectivity index (χ3n) is 2.12. The van der Waals surface area contributed by atoms with Crippen molar-refractivity contribution in [3.63, 3.8) is 0 Å². The Morgan fingerprint density at radius 2 is 2.00 bits per heavy atom. The molecule has 0 spiro atoms. The molecule has 0 aliphatic heterocycles. The van der Waals surface area contributed by atoms with Crippen molar-refractivity contribution < 1.29 is 0 Å². The highest BCUT2D eigenvalue weighted by Gasteiger charge is 2.09. The maximum Gasteiger partial charge on any atom is 0.188 e. The van der Waals surface area contributed by atoms with Gasteiger partial charge in [-0.1, -0.05) is 0 Å². The van der Waals surface area contributed by atoms with Gasteiger partial charge in [-0.25, -0.2) is 0 Å². The molecule has 0 aliphatic carbocycles. The standard InChI is InChI=1S/C12H21N5/c1-9-10(15-8-7-14-9)5-6-16-11(13)17-12(2,3)4/h7-8H,5-6H2,1-4H3,(H3,13,16,17). The Hall–Kier alpha value is -1.65. The SMILES string of the molecule is Cc1nccnc1CCN=C(N)NC(C)(C)C. The third-order valence-corrected chi connectivity index (χ3v) is 2.12. The van der Waals surface area contributed by atoms with Crippen LogP contribution in [-0.2, 0) is 6.42 Å². The van der Waals surface area contributed by atoms with Crippen molar-refractivity contribution in [2.45, 2.75) is 39.7 Å². The van der Waals surface area contributed by atoms with Gasteiger partial charge in [-0.05, 0) is 27.7 Å². The molecule has 0 aliphatic rings. The second-order valence-corrected chi connectivity index (χ2v) is 4.98. The number of nitrogens with two attached hydrogens (primary N) is 1. The highest BCUT2D eigenvalue weighted by molar-refractivity contribution is 5.78. The lowest BCUT2D eigenvalue weighted by molar-refractivity contribution is 0.508. The summed E-state index contributed by atoms with van der Waals surface area (Å²) in [5.41, 5.74) is 7.63. The number of hydrogen-bond donors (Lipinski definition) is 2. The van der Waals surface area contributed by atoms with E-state index in [0.29, 0.717) is 12.5 Å².